The summed E-state index contributed by atoms with van der Waals surface area (Å²) in [5.74, 6) is 0. The van der Waals surface area contributed by atoms with Crippen LogP contribution in [0.25, 0.3) is 11.0 Å². The Labute approximate surface area is 87.0 Å². The van der Waals surface area contributed by atoms with Crippen molar-refractivity contribution in [3.8, 4) is 0 Å². The Morgan fingerprint density at radius 3 is 2.27 bits per heavy atom. The summed E-state index contributed by atoms with van der Waals surface area (Å²) in [5.41, 5.74) is 2.12. The zero-order chi connectivity index (χ0) is 10.3. The minimum absolute atomic E-state index is 1.03. The normalized spacial score (nSPS) is 9.33. The Morgan fingerprint density at radius 1 is 0.867 bits per heavy atom. The summed E-state index contributed by atoms with van der Waals surface area (Å²) in [6, 6.07) is 9.52. The van der Waals surface area contributed by atoms with Crippen LogP contribution in [0.3, 0.4) is 0 Å². The summed E-state index contributed by atoms with van der Waals surface area (Å²) in [5, 5.41) is 7.07. The van der Waals surface area contributed by atoms with Crippen LogP contribution >= 0.6 is 0 Å². The van der Waals surface area contributed by atoms with Crippen LogP contribution in [0.5, 0.6) is 0 Å². The van der Waals surface area contributed by atoms with Gasteiger partial charge in [0.1, 0.15) is 0 Å². The summed E-state index contributed by atoms with van der Waals surface area (Å²) >= 11 is 0. The van der Waals surface area contributed by atoms with Crippen molar-refractivity contribution in [1.82, 2.24) is 20.2 Å². The first-order chi connectivity index (χ1) is 7.47. The van der Waals surface area contributed by atoms with Gasteiger partial charge in [-0.3, -0.25) is 4.98 Å². The first-order valence-corrected chi connectivity index (χ1v) is 4.56. The van der Waals surface area contributed by atoms with Gasteiger partial charge in [0.25, 0.3) is 0 Å². The molecule has 0 saturated carbocycles. The molecule has 74 valence electrons. The van der Waals surface area contributed by atoms with E-state index < -0.39 is 0 Å². The summed E-state index contributed by atoms with van der Waals surface area (Å²) in [4.78, 5) is 7.17. The van der Waals surface area contributed by atoms with Crippen molar-refractivity contribution in [2.75, 3.05) is 0 Å². The fourth-order valence-corrected chi connectivity index (χ4v) is 1.14. The minimum Gasteiger partial charge on any atom is -0.360 e. The fraction of sp³-hybridized carbons (Fsp3) is 0. The molecule has 1 N–H and O–H groups in total. The van der Waals surface area contributed by atoms with E-state index in [0.717, 1.165) is 11.0 Å². The number of aromatic nitrogens is 4. The lowest BCUT2D eigenvalue weighted by atomic mass is 10.4. The maximum Gasteiger partial charge on any atom is 0.0878 e. The maximum atomic E-state index is 4.11. The molecule has 3 aromatic heterocycles. The third kappa shape index (κ3) is 2.60. The smallest absolute Gasteiger partial charge is 0.0878 e. The summed E-state index contributed by atoms with van der Waals surface area (Å²) in [6.07, 6.45) is 6.95. The molecule has 0 saturated heterocycles. The van der Waals surface area contributed by atoms with Gasteiger partial charge < -0.3 is 4.98 Å². The Hall–Kier alpha value is -2.23. The topological polar surface area (TPSA) is 54.5 Å². The Bertz CT molecular complexity index is 447. The third-order valence-corrected chi connectivity index (χ3v) is 1.80. The summed E-state index contributed by atoms with van der Waals surface area (Å²) in [6.45, 7) is 0. The van der Waals surface area contributed by atoms with Gasteiger partial charge in [-0.2, -0.15) is 10.2 Å². The van der Waals surface area contributed by atoms with Gasteiger partial charge in [-0.25, -0.2) is 0 Å². The zero-order valence-electron chi connectivity index (χ0n) is 8.04. The van der Waals surface area contributed by atoms with Gasteiger partial charge in [0, 0.05) is 24.8 Å². The quantitative estimate of drug-likeness (QED) is 0.601. The second-order valence-electron chi connectivity index (χ2n) is 2.83. The molecule has 0 aliphatic heterocycles. The number of H-pyrrole nitrogens is 1. The molecule has 4 heteroatoms. The van der Waals surface area contributed by atoms with Crippen LogP contribution in [0.2, 0.25) is 0 Å². The lowest BCUT2D eigenvalue weighted by Gasteiger charge is -1.82. The van der Waals surface area contributed by atoms with E-state index in [0.29, 0.717) is 0 Å². The molecule has 3 aromatic rings. The van der Waals surface area contributed by atoms with E-state index in [-0.39, 0.29) is 0 Å². The first kappa shape index (κ1) is 9.33. The number of nitrogens with one attached hydrogen (secondary N) is 1. The molecule has 15 heavy (non-hydrogen) atoms. The van der Waals surface area contributed by atoms with E-state index in [2.05, 4.69) is 20.2 Å². The number of nitrogens with zero attached hydrogens (tertiary/aromatic N) is 3. The SMILES string of the molecule is c1ccnnc1.c1cnc2cc[nH]c2c1. The van der Waals surface area contributed by atoms with Crippen LogP contribution in [0.4, 0.5) is 0 Å². The number of pyridine rings is 1. The van der Waals surface area contributed by atoms with Gasteiger partial charge in [-0.05, 0) is 30.3 Å². The number of aromatic amines is 1. The van der Waals surface area contributed by atoms with Crippen LogP contribution < -0.4 is 0 Å². The van der Waals surface area contributed by atoms with E-state index >= 15 is 0 Å². The van der Waals surface area contributed by atoms with Gasteiger partial charge in [0.05, 0.1) is 11.0 Å². The molecular weight excluding hydrogens is 188 g/mol. The van der Waals surface area contributed by atoms with Crippen LogP contribution in [-0.4, -0.2) is 20.2 Å². The van der Waals surface area contributed by atoms with Gasteiger partial charge in [0.2, 0.25) is 0 Å². The molecule has 0 aromatic carbocycles. The molecule has 0 aliphatic rings. The molecule has 0 amide bonds. The lowest BCUT2D eigenvalue weighted by molar-refractivity contribution is 1.03. The Balaban J connectivity index is 0.000000124. The van der Waals surface area contributed by atoms with Gasteiger partial charge >= 0.3 is 0 Å². The van der Waals surface area contributed by atoms with Crippen molar-refractivity contribution in [2.45, 2.75) is 0 Å². The van der Waals surface area contributed by atoms with Crippen LogP contribution in [0.1, 0.15) is 0 Å². The molecule has 0 unspecified atom stereocenters. The molecule has 0 bridgehead atoms. The van der Waals surface area contributed by atoms with Crippen LogP contribution in [0, 0.1) is 0 Å². The summed E-state index contributed by atoms with van der Waals surface area (Å²) < 4.78 is 0. The van der Waals surface area contributed by atoms with Crippen LogP contribution in [0.15, 0.2) is 55.1 Å². The average Bonchev–Trinajstić information content (AvgIpc) is 2.80. The van der Waals surface area contributed by atoms with Gasteiger partial charge in [0.15, 0.2) is 0 Å². The highest BCUT2D eigenvalue weighted by atomic mass is 15.1. The Morgan fingerprint density at radius 2 is 1.67 bits per heavy atom. The molecule has 0 spiro atoms. The lowest BCUT2D eigenvalue weighted by Crippen LogP contribution is -1.69. The highest BCUT2D eigenvalue weighted by Crippen LogP contribution is 2.05. The van der Waals surface area contributed by atoms with E-state index in [4.69, 9.17) is 0 Å². The molecule has 0 aliphatic carbocycles. The third-order valence-electron chi connectivity index (χ3n) is 1.80. The first-order valence-electron chi connectivity index (χ1n) is 4.56. The van der Waals surface area contributed by atoms with E-state index in [1.54, 1.807) is 18.6 Å². The van der Waals surface area contributed by atoms with Gasteiger partial charge in [-0.1, -0.05) is 0 Å². The largest absolute Gasteiger partial charge is 0.360 e. The van der Waals surface area contributed by atoms with Crippen molar-refractivity contribution in [2.24, 2.45) is 0 Å². The van der Waals surface area contributed by atoms with Crippen molar-refractivity contribution in [3.05, 3.63) is 55.1 Å². The van der Waals surface area contributed by atoms with Crippen molar-refractivity contribution in [3.63, 3.8) is 0 Å². The van der Waals surface area contributed by atoms with Gasteiger partial charge in [-0.15, -0.1) is 0 Å². The second-order valence-corrected chi connectivity index (χ2v) is 2.83. The monoisotopic (exact) mass is 198 g/mol. The standard InChI is InChI=1S/C7H6N2.C4H4N2/c1-2-6-7(8-4-1)3-5-9-6;1-2-4-6-5-3-1/h1-5,9H;1-4H. The highest BCUT2D eigenvalue weighted by molar-refractivity contribution is 5.73. The highest BCUT2D eigenvalue weighted by Gasteiger charge is 1.88. The van der Waals surface area contributed by atoms with Crippen molar-refractivity contribution in [1.29, 1.82) is 0 Å². The second kappa shape index (κ2) is 4.85. The van der Waals surface area contributed by atoms with Crippen molar-refractivity contribution >= 4 is 11.0 Å². The zero-order valence-corrected chi connectivity index (χ0v) is 8.04. The number of rotatable bonds is 0. The molecule has 3 rings (SSSR count). The fourth-order valence-electron chi connectivity index (χ4n) is 1.14. The predicted octanol–water partition coefficient (Wildman–Crippen LogP) is 2.04. The maximum absolute atomic E-state index is 4.11. The number of fused-ring (bicyclic) bond motifs is 1. The van der Waals surface area contributed by atoms with Crippen molar-refractivity contribution < 1.29 is 0 Å². The van der Waals surface area contributed by atoms with E-state index in [1.165, 1.54) is 0 Å². The Kier molecular flexibility index (Phi) is 3.02. The molecule has 3 heterocycles. The van der Waals surface area contributed by atoms with Crippen LogP contribution in [-0.2, 0) is 0 Å². The predicted molar refractivity (Wildman–Crippen MR) is 58.1 cm³/mol. The number of hydrogen-bond donors (Lipinski definition) is 1. The molecule has 4 nitrogen and oxygen atoms in total. The molecule has 0 atom stereocenters. The molecular formula is C11H10N4. The van der Waals surface area contributed by atoms with E-state index in [9.17, 15) is 0 Å². The molecule has 0 fully saturated rings. The molecule has 0 radical (unpaired) electrons. The minimum atomic E-state index is 1.03. The number of hydrogen-bond acceptors (Lipinski definition) is 3. The average molecular weight is 198 g/mol. The summed E-state index contributed by atoms with van der Waals surface area (Å²) in [7, 11) is 0. The van der Waals surface area contributed by atoms with E-state index in [1.807, 2.05) is 36.5 Å².